The van der Waals surface area contributed by atoms with Crippen LogP contribution in [-0.4, -0.2) is 23.4 Å². The molecular weight excluding hydrogens is 241 g/mol. The van der Waals surface area contributed by atoms with Crippen LogP contribution in [0, 0.1) is 5.82 Å². The van der Waals surface area contributed by atoms with Gasteiger partial charge in [-0.25, -0.2) is 9.07 Å². The van der Waals surface area contributed by atoms with Gasteiger partial charge in [0, 0.05) is 19.2 Å². The van der Waals surface area contributed by atoms with Crippen LogP contribution in [0.3, 0.4) is 0 Å². The minimum atomic E-state index is -0.419. The molecule has 0 fully saturated rings. The number of nitrogens with one attached hydrogen (secondary N) is 1. The zero-order valence-corrected chi connectivity index (χ0v) is 10.2. The Morgan fingerprint density at radius 2 is 2.24 bits per heavy atom. The predicted octanol–water partition coefficient (Wildman–Crippen LogP) is 2.43. The summed E-state index contributed by atoms with van der Waals surface area (Å²) >= 11 is 5.73. The minimum absolute atomic E-state index is 0.106. The summed E-state index contributed by atoms with van der Waals surface area (Å²) in [6, 6.07) is 6.49. The second kappa shape index (κ2) is 5.29. The van der Waals surface area contributed by atoms with Crippen molar-refractivity contribution in [2.24, 2.45) is 0 Å². The molecule has 1 N–H and O–H groups in total. The van der Waals surface area contributed by atoms with E-state index in [-0.39, 0.29) is 5.02 Å². The molecule has 0 unspecified atom stereocenters. The van der Waals surface area contributed by atoms with Crippen LogP contribution >= 0.6 is 11.6 Å². The first kappa shape index (κ1) is 12.1. The molecule has 0 aliphatic rings. The van der Waals surface area contributed by atoms with E-state index in [0.29, 0.717) is 0 Å². The third-order valence-electron chi connectivity index (χ3n) is 2.44. The summed E-state index contributed by atoms with van der Waals surface area (Å²) in [5.41, 5.74) is 1.74. The molecule has 0 saturated heterocycles. The van der Waals surface area contributed by atoms with Gasteiger partial charge in [-0.2, -0.15) is 5.10 Å². The molecule has 90 valence electrons. The number of rotatable bonds is 4. The summed E-state index contributed by atoms with van der Waals surface area (Å²) in [5, 5.41) is 7.55. The Kier molecular flexibility index (Phi) is 3.76. The number of aromatic nitrogens is 2. The molecule has 17 heavy (non-hydrogen) atoms. The Balaban J connectivity index is 2.21. The first-order chi connectivity index (χ1) is 8.20. The van der Waals surface area contributed by atoms with Gasteiger partial charge in [-0.1, -0.05) is 11.6 Å². The number of benzene rings is 1. The van der Waals surface area contributed by atoms with Crippen molar-refractivity contribution < 1.29 is 4.39 Å². The topological polar surface area (TPSA) is 29.9 Å². The van der Waals surface area contributed by atoms with Gasteiger partial charge in [0.05, 0.1) is 16.4 Å². The molecule has 1 heterocycles. The molecule has 0 bridgehead atoms. The van der Waals surface area contributed by atoms with E-state index in [0.717, 1.165) is 24.3 Å². The van der Waals surface area contributed by atoms with Crippen LogP contribution in [0.2, 0.25) is 5.02 Å². The highest BCUT2D eigenvalue weighted by atomic mass is 35.5. The monoisotopic (exact) mass is 253 g/mol. The molecule has 0 amide bonds. The van der Waals surface area contributed by atoms with E-state index in [4.69, 9.17) is 11.6 Å². The van der Waals surface area contributed by atoms with Gasteiger partial charge in [-0.15, -0.1) is 0 Å². The van der Waals surface area contributed by atoms with Crippen LogP contribution in [0.5, 0.6) is 0 Å². The maximum Gasteiger partial charge on any atom is 0.141 e. The smallest absolute Gasteiger partial charge is 0.141 e. The van der Waals surface area contributed by atoms with Crippen LogP contribution in [-0.2, 0) is 6.42 Å². The van der Waals surface area contributed by atoms with Crippen LogP contribution < -0.4 is 5.32 Å². The summed E-state index contributed by atoms with van der Waals surface area (Å²) in [6.45, 7) is 0.876. The van der Waals surface area contributed by atoms with Gasteiger partial charge in [0.2, 0.25) is 0 Å². The fourth-order valence-corrected chi connectivity index (χ4v) is 1.69. The summed E-state index contributed by atoms with van der Waals surface area (Å²) in [7, 11) is 1.90. The zero-order valence-electron chi connectivity index (χ0n) is 9.45. The Hall–Kier alpha value is -1.39. The van der Waals surface area contributed by atoms with Crippen molar-refractivity contribution >= 4 is 11.6 Å². The average molecular weight is 254 g/mol. The molecule has 0 aliphatic heterocycles. The molecule has 0 aliphatic carbocycles. The fraction of sp³-hybridized carbons (Fsp3) is 0.250. The molecule has 0 saturated carbocycles. The average Bonchev–Trinajstić information content (AvgIpc) is 2.79. The largest absolute Gasteiger partial charge is 0.319 e. The summed E-state index contributed by atoms with van der Waals surface area (Å²) in [4.78, 5) is 0. The maximum absolute atomic E-state index is 13.0. The quantitative estimate of drug-likeness (QED) is 0.907. The normalized spacial score (nSPS) is 10.8. The number of likely N-dealkylation sites (N-methyl/N-ethyl adjacent to an activating group) is 1. The van der Waals surface area contributed by atoms with Gasteiger partial charge in [0.15, 0.2) is 0 Å². The summed E-state index contributed by atoms with van der Waals surface area (Å²) in [6.07, 6.45) is 2.70. The molecule has 0 spiro atoms. The Morgan fingerprint density at radius 3 is 2.94 bits per heavy atom. The Morgan fingerprint density at radius 1 is 1.41 bits per heavy atom. The van der Waals surface area contributed by atoms with Crippen molar-refractivity contribution in [2.45, 2.75) is 6.42 Å². The second-order valence-corrected chi connectivity index (χ2v) is 4.11. The summed E-state index contributed by atoms with van der Waals surface area (Å²) in [5.74, 6) is -0.419. The van der Waals surface area contributed by atoms with E-state index in [1.807, 2.05) is 19.3 Å². The molecule has 2 rings (SSSR count). The Labute approximate surface area is 104 Å². The van der Waals surface area contributed by atoms with E-state index in [2.05, 4.69) is 10.4 Å². The lowest BCUT2D eigenvalue weighted by molar-refractivity contribution is 0.627. The zero-order chi connectivity index (χ0) is 12.3. The highest BCUT2D eigenvalue weighted by Crippen LogP contribution is 2.18. The molecule has 3 nitrogen and oxygen atoms in total. The molecule has 2 aromatic rings. The molecule has 1 aromatic carbocycles. The number of hydrogen-bond acceptors (Lipinski definition) is 2. The molecule has 5 heteroatoms. The predicted molar refractivity (Wildman–Crippen MR) is 66.2 cm³/mol. The van der Waals surface area contributed by atoms with Gasteiger partial charge in [-0.05, 0) is 31.3 Å². The van der Waals surface area contributed by atoms with Crippen molar-refractivity contribution in [1.82, 2.24) is 15.1 Å². The van der Waals surface area contributed by atoms with Crippen molar-refractivity contribution in [3.8, 4) is 5.69 Å². The summed E-state index contributed by atoms with van der Waals surface area (Å²) < 4.78 is 14.7. The highest BCUT2D eigenvalue weighted by molar-refractivity contribution is 6.30. The SMILES string of the molecule is CNCCc1ccn(-c2ccc(F)c(Cl)c2)n1. The third-order valence-corrected chi connectivity index (χ3v) is 2.73. The Bertz CT molecular complexity index is 510. The standard InChI is InChI=1S/C12H13ClFN3/c1-15-6-4-9-5-7-17(16-9)10-2-3-12(14)11(13)8-10/h2-3,5,7-8,15H,4,6H2,1H3. The lowest BCUT2D eigenvalue weighted by Gasteiger charge is -2.02. The van der Waals surface area contributed by atoms with Crippen LogP contribution in [0.1, 0.15) is 5.69 Å². The van der Waals surface area contributed by atoms with Gasteiger partial charge < -0.3 is 5.32 Å². The second-order valence-electron chi connectivity index (χ2n) is 3.70. The van der Waals surface area contributed by atoms with Crippen molar-refractivity contribution in [1.29, 1.82) is 0 Å². The lowest BCUT2D eigenvalue weighted by atomic mass is 10.3. The van der Waals surface area contributed by atoms with E-state index in [1.165, 1.54) is 6.07 Å². The number of nitrogens with zero attached hydrogens (tertiary/aromatic N) is 2. The van der Waals surface area contributed by atoms with E-state index < -0.39 is 5.82 Å². The number of halogens is 2. The van der Waals surface area contributed by atoms with Crippen molar-refractivity contribution in [3.05, 3.63) is 47.0 Å². The van der Waals surface area contributed by atoms with E-state index in [1.54, 1.807) is 16.8 Å². The van der Waals surface area contributed by atoms with E-state index in [9.17, 15) is 4.39 Å². The van der Waals surface area contributed by atoms with Gasteiger partial charge in [-0.3, -0.25) is 0 Å². The molecular formula is C12H13ClFN3. The van der Waals surface area contributed by atoms with Gasteiger partial charge in [0.1, 0.15) is 5.82 Å². The molecule has 0 radical (unpaired) electrons. The third kappa shape index (κ3) is 2.84. The van der Waals surface area contributed by atoms with Gasteiger partial charge in [0.25, 0.3) is 0 Å². The van der Waals surface area contributed by atoms with Gasteiger partial charge >= 0.3 is 0 Å². The first-order valence-electron chi connectivity index (χ1n) is 5.35. The van der Waals surface area contributed by atoms with Crippen molar-refractivity contribution in [3.63, 3.8) is 0 Å². The number of hydrogen-bond donors (Lipinski definition) is 1. The van der Waals surface area contributed by atoms with Crippen LogP contribution in [0.25, 0.3) is 5.69 Å². The van der Waals surface area contributed by atoms with Crippen LogP contribution in [0.15, 0.2) is 30.5 Å². The molecule has 0 atom stereocenters. The van der Waals surface area contributed by atoms with Crippen molar-refractivity contribution in [2.75, 3.05) is 13.6 Å². The van der Waals surface area contributed by atoms with Crippen LogP contribution in [0.4, 0.5) is 4.39 Å². The molecule has 1 aromatic heterocycles. The van der Waals surface area contributed by atoms with E-state index >= 15 is 0 Å². The first-order valence-corrected chi connectivity index (χ1v) is 5.73. The maximum atomic E-state index is 13.0. The fourth-order valence-electron chi connectivity index (χ4n) is 1.52. The lowest BCUT2D eigenvalue weighted by Crippen LogP contribution is -2.10. The highest BCUT2D eigenvalue weighted by Gasteiger charge is 2.04. The minimum Gasteiger partial charge on any atom is -0.319 e.